The zero-order valence-corrected chi connectivity index (χ0v) is 17.3. The quantitative estimate of drug-likeness (QED) is 0.772. The number of nitrogens with one attached hydrogen (secondary N) is 1. The van der Waals surface area contributed by atoms with Gasteiger partial charge in [0.15, 0.2) is 11.5 Å². The molecule has 30 heavy (non-hydrogen) atoms. The van der Waals surface area contributed by atoms with Crippen LogP contribution in [-0.2, 0) is 19.6 Å². The number of sulfonamides is 1. The van der Waals surface area contributed by atoms with Crippen LogP contribution >= 0.6 is 0 Å². The van der Waals surface area contributed by atoms with Gasteiger partial charge in [0.2, 0.25) is 28.6 Å². The molecule has 0 bridgehead atoms. The van der Waals surface area contributed by atoms with Crippen molar-refractivity contribution in [3.05, 3.63) is 42.5 Å². The first-order valence-electron chi connectivity index (χ1n) is 9.29. The summed E-state index contributed by atoms with van der Waals surface area (Å²) in [4.78, 5) is 26.8. The molecule has 9 nitrogen and oxygen atoms in total. The predicted octanol–water partition coefficient (Wildman–Crippen LogP) is 1.66. The molecule has 2 aliphatic heterocycles. The standard InChI is InChI=1S/C20H21N3O6S/c1-22(2)30(26,27)16-6-4-15(5-7-16)23-11-13(9-19(23)24)20(25)21-14-3-8-17-18(10-14)29-12-28-17/h3-8,10,13H,9,11-12H2,1-2H3,(H,21,25)/t13-/m0/s1. The van der Waals surface area contributed by atoms with Crippen LogP contribution in [0.5, 0.6) is 11.5 Å². The van der Waals surface area contributed by atoms with Gasteiger partial charge in [0.1, 0.15) is 0 Å². The number of rotatable bonds is 5. The number of hydrogen-bond donors (Lipinski definition) is 1. The Morgan fingerprint density at radius 1 is 1.10 bits per heavy atom. The first-order chi connectivity index (χ1) is 14.3. The van der Waals surface area contributed by atoms with Gasteiger partial charge in [-0.3, -0.25) is 9.59 Å². The molecular weight excluding hydrogens is 410 g/mol. The van der Waals surface area contributed by atoms with Crippen molar-refractivity contribution in [2.75, 3.05) is 37.6 Å². The highest BCUT2D eigenvalue weighted by Gasteiger charge is 2.35. The number of hydrogen-bond acceptors (Lipinski definition) is 6. The summed E-state index contributed by atoms with van der Waals surface area (Å²) in [5.74, 6) is 0.202. The maximum absolute atomic E-state index is 12.7. The van der Waals surface area contributed by atoms with Gasteiger partial charge < -0.3 is 19.7 Å². The number of benzene rings is 2. The Hall–Kier alpha value is -3.11. The third-order valence-electron chi connectivity index (χ3n) is 5.06. The van der Waals surface area contributed by atoms with Gasteiger partial charge in [0.05, 0.1) is 10.8 Å². The maximum atomic E-state index is 12.7. The smallest absolute Gasteiger partial charge is 0.242 e. The molecule has 0 aliphatic carbocycles. The molecule has 1 N–H and O–H groups in total. The van der Waals surface area contributed by atoms with E-state index in [9.17, 15) is 18.0 Å². The van der Waals surface area contributed by atoms with Gasteiger partial charge in [-0.1, -0.05) is 0 Å². The second kappa shape index (κ2) is 7.62. The summed E-state index contributed by atoms with van der Waals surface area (Å²) in [6.07, 6.45) is 0.0775. The number of nitrogens with zero attached hydrogens (tertiary/aromatic N) is 2. The van der Waals surface area contributed by atoms with E-state index in [-0.39, 0.29) is 36.5 Å². The minimum absolute atomic E-state index is 0.0775. The minimum Gasteiger partial charge on any atom is -0.454 e. The third-order valence-corrected chi connectivity index (χ3v) is 6.89. The maximum Gasteiger partial charge on any atom is 0.242 e. The molecule has 2 aliphatic rings. The van der Waals surface area contributed by atoms with E-state index < -0.39 is 15.9 Å². The molecule has 2 amide bonds. The summed E-state index contributed by atoms with van der Waals surface area (Å²) in [5.41, 5.74) is 1.12. The van der Waals surface area contributed by atoms with E-state index in [0.29, 0.717) is 22.9 Å². The van der Waals surface area contributed by atoms with Crippen LogP contribution in [0.25, 0.3) is 0 Å². The van der Waals surface area contributed by atoms with Crippen LogP contribution in [0.15, 0.2) is 47.4 Å². The fourth-order valence-corrected chi connectivity index (χ4v) is 4.26. The van der Waals surface area contributed by atoms with Gasteiger partial charge in [-0.2, -0.15) is 0 Å². The Labute approximate surface area is 174 Å². The predicted molar refractivity (Wildman–Crippen MR) is 109 cm³/mol. The van der Waals surface area contributed by atoms with E-state index in [1.807, 2.05) is 0 Å². The number of carbonyl (C=O) groups excluding carboxylic acids is 2. The van der Waals surface area contributed by atoms with Gasteiger partial charge in [-0.05, 0) is 36.4 Å². The molecule has 0 aromatic heterocycles. The van der Waals surface area contributed by atoms with Crippen LogP contribution < -0.4 is 19.7 Å². The molecule has 2 aromatic carbocycles. The van der Waals surface area contributed by atoms with Crippen LogP contribution in [0, 0.1) is 5.92 Å². The Morgan fingerprint density at radius 3 is 2.50 bits per heavy atom. The van der Waals surface area contributed by atoms with E-state index >= 15 is 0 Å². The Bertz CT molecular complexity index is 1100. The molecule has 4 rings (SSSR count). The zero-order valence-electron chi connectivity index (χ0n) is 16.5. The van der Waals surface area contributed by atoms with Crippen molar-refractivity contribution < 1.29 is 27.5 Å². The molecule has 1 fully saturated rings. The van der Waals surface area contributed by atoms with Gasteiger partial charge >= 0.3 is 0 Å². The number of amides is 2. The summed E-state index contributed by atoms with van der Waals surface area (Å²) in [6.45, 7) is 0.364. The topological polar surface area (TPSA) is 105 Å². The Balaban J connectivity index is 1.44. The normalized spacial score (nSPS) is 18.2. The van der Waals surface area contributed by atoms with Crippen molar-refractivity contribution in [2.45, 2.75) is 11.3 Å². The first kappa shape index (κ1) is 20.2. The van der Waals surface area contributed by atoms with Crippen LogP contribution in [-0.4, -0.2) is 52.0 Å². The summed E-state index contributed by atoms with van der Waals surface area (Å²) in [6, 6.07) is 11.2. The molecular formula is C20H21N3O6S. The lowest BCUT2D eigenvalue weighted by molar-refractivity contribution is -0.122. The fourth-order valence-electron chi connectivity index (χ4n) is 3.36. The molecule has 0 radical (unpaired) electrons. The van der Waals surface area contributed by atoms with Crippen molar-refractivity contribution in [3.63, 3.8) is 0 Å². The lowest BCUT2D eigenvalue weighted by Gasteiger charge is -2.18. The number of fused-ring (bicyclic) bond motifs is 1. The highest BCUT2D eigenvalue weighted by atomic mass is 32.2. The summed E-state index contributed by atoms with van der Waals surface area (Å²) in [5, 5.41) is 2.81. The number of anilines is 2. The average Bonchev–Trinajstić information content (AvgIpc) is 3.34. The third kappa shape index (κ3) is 3.71. The van der Waals surface area contributed by atoms with Crippen molar-refractivity contribution in [1.29, 1.82) is 0 Å². The zero-order chi connectivity index (χ0) is 21.5. The second-order valence-corrected chi connectivity index (χ2v) is 9.40. The molecule has 2 heterocycles. The molecule has 10 heteroatoms. The highest BCUT2D eigenvalue weighted by molar-refractivity contribution is 7.89. The van der Waals surface area contributed by atoms with Gasteiger partial charge in [-0.25, -0.2) is 12.7 Å². The number of ether oxygens (including phenoxy) is 2. The van der Waals surface area contributed by atoms with E-state index in [1.165, 1.54) is 31.1 Å². The Morgan fingerprint density at radius 2 is 1.80 bits per heavy atom. The monoisotopic (exact) mass is 431 g/mol. The molecule has 2 aromatic rings. The fraction of sp³-hybridized carbons (Fsp3) is 0.300. The van der Waals surface area contributed by atoms with Gasteiger partial charge in [-0.15, -0.1) is 0 Å². The summed E-state index contributed by atoms with van der Waals surface area (Å²) in [7, 11) is -0.637. The molecule has 0 unspecified atom stereocenters. The largest absolute Gasteiger partial charge is 0.454 e. The molecule has 1 atom stereocenters. The minimum atomic E-state index is -3.55. The first-order valence-corrected chi connectivity index (χ1v) is 10.7. The SMILES string of the molecule is CN(C)S(=O)(=O)c1ccc(N2C[C@@H](C(=O)Nc3ccc4c(c3)OCO4)CC2=O)cc1. The average molecular weight is 431 g/mol. The molecule has 0 spiro atoms. The highest BCUT2D eigenvalue weighted by Crippen LogP contribution is 2.34. The van der Waals surface area contributed by atoms with Crippen molar-refractivity contribution in [1.82, 2.24) is 4.31 Å². The van der Waals surface area contributed by atoms with Crippen LogP contribution in [0.4, 0.5) is 11.4 Å². The summed E-state index contributed by atoms with van der Waals surface area (Å²) < 4.78 is 36.1. The van der Waals surface area contributed by atoms with E-state index in [1.54, 1.807) is 30.3 Å². The van der Waals surface area contributed by atoms with Crippen LogP contribution in [0.3, 0.4) is 0 Å². The molecule has 158 valence electrons. The van der Waals surface area contributed by atoms with Crippen molar-refractivity contribution >= 4 is 33.2 Å². The Kier molecular flexibility index (Phi) is 5.12. The van der Waals surface area contributed by atoms with Crippen molar-refractivity contribution in [3.8, 4) is 11.5 Å². The number of carbonyl (C=O) groups is 2. The van der Waals surface area contributed by atoms with Crippen LogP contribution in [0.1, 0.15) is 6.42 Å². The van der Waals surface area contributed by atoms with Gasteiger partial charge in [0, 0.05) is 44.5 Å². The van der Waals surface area contributed by atoms with Crippen molar-refractivity contribution in [2.24, 2.45) is 5.92 Å². The van der Waals surface area contributed by atoms with E-state index in [0.717, 1.165) is 4.31 Å². The van der Waals surface area contributed by atoms with E-state index in [2.05, 4.69) is 5.32 Å². The van der Waals surface area contributed by atoms with E-state index in [4.69, 9.17) is 9.47 Å². The second-order valence-electron chi connectivity index (χ2n) is 7.24. The summed E-state index contributed by atoms with van der Waals surface area (Å²) >= 11 is 0. The molecule has 0 saturated carbocycles. The lowest BCUT2D eigenvalue weighted by atomic mass is 10.1. The lowest BCUT2D eigenvalue weighted by Crippen LogP contribution is -2.28. The van der Waals surface area contributed by atoms with Crippen LogP contribution in [0.2, 0.25) is 0 Å². The van der Waals surface area contributed by atoms with Gasteiger partial charge in [0.25, 0.3) is 0 Å². The molecule has 1 saturated heterocycles.